The predicted molar refractivity (Wildman–Crippen MR) is 82.7 cm³/mol. The van der Waals surface area contributed by atoms with Gasteiger partial charge in [0.25, 0.3) is 0 Å². The van der Waals surface area contributed by atoms with Crippen LogP contribution in [0, 0.1) is 11.6 Å². The lowest BCUT2D eigenvalue weighted by Crippen LogP contribution is -2.29. The Hall–Kier alpha value is -2.44. The minimum Gasteiger partial charge on any atom is -0.351 e. The highest BCUT2D eigenvalue weighted by Gasteiger charge is 2.31. The van der Waals surface area contributed by atoms with Crippen molar-refractivity contribution in [3.63, 3.8) is 0 Å². The van der Waals surface area contributed by atoms with Crippen LogP contribution in [-0.4, -0.2) is 5.91 Å². The quantitative estimate of drug-likeness (QED) is 0.766. The molecule has 1 amide bonds. The molecule has 2 rings (SSSR count). The molecule has 2 nitrogen and oxygen atoms in total. The Morgan fingerprint density at radius 1 is 1.12 bits per heavy atom. The van der Waals surface area contributed by atoms with Crippen LogP contribution in [0.1, 0.15) is 36.0 Å². The zero-order chi connectivity index (χ0) is 18.6. The van der Waals surface area contributed by atoms with Crippen molar-refractivity contribution < 1.29 is 26.7 Å². The third kappa shape index (κ3) is 4.78. The topological polar surface area (TPSA) is 29.1 Å². The molecule has 0 saturated carbocycles. The molecule has 134 valence electrons. The molecule has 0 aliphatic carbocycles. The predicted octanol–water partition coefficient (Wildman–Crippen LogP) is 4.79. The zero-order valence-corrected chi connectivity index (χ0v) is 13.3. The number of alkyl halides is 3. The van der Waals surface area contributed by atoms with Crippen molar-refractivity contribution in [1.29, 1.82) is 0 Å². The molecule has 0 fully saturated rings. The molecule has 0 radical (unpaired) electrons. The van der Waals surface area contributed by atoms with Gasteiger partial charge in [-0.05, 0) is 42.3 Å². The number of carbonyl (C=O) groups is 1. The summed E-state index contributed by atoms with van der Waals surface area (Å²) in [4.78, 5) is 12.3. The van der Waals surface area contributed by atoms with Crippen molar-refractivity contribution in [3.8, 4) is 0 Å². The summed E-state index contributed by atoms with van der Waals surface area (Å²) >= 11 is 0. The van der Waals surface area contributed by atoms with Crippen LogP contribution in [0.3, 0.4) is 0 Å². The summed E-state index contributed by atoms with van der Waals surface area (Å²) in [6.07, 6.45) is -4.24. The molecule has 7 heteroatoms. The number of amides is 1. The Bertz CT molecular complexity index is 757. The summed E-state index contributed by atoms with van der Waals surface area (Å²) in [6.45, 7) is 1.33. The molecule has 0 aliphatic heterocycles. The number of rotatable bonds is 5. The summed E-state index contributed by atoms with van der Waals surface area (Å²) in [5, 5.41) is 2.42. The fraction of sp³-hybridized carbons (Fsp3) is 0.278. The van der Waals surface area contributed by atoms with E-state index in [2.05, 4.69) is 5.32 Å². The van der Waals surface area contributed by atoms with E-state index in [1.165, 1.54) is 18.2 Å². The minimum atomic E-state index is -4.60. The summed E-state index contributed by atoms with van der Waals surface area (Å²) < 4.78 is 65.1. The first kappa shape index (κ1) is 18.9. The molecule has 1 unspecified atom stereocenters. The average Bonchev–Trinajstić information content (AvgIpc) is 2.53. The van der Waals surface area contributed by atoms with Gasteiger partial charge in [0, 0.05) is 12.1 Å². The van der Waals surface area contributed by atoms with E-state index in [1.54, 1.807) is 13.0 Å². The average molecular weight is 357 g/mol. The van der Waals surface area contributed by atoms with Gasteiger partial charge in [0.2, 0.25) is 5.91 Å². The molecule has 1 atom stereocenters. The summed E-state index contributed by atoms with van der Waals surface area (Å²) in [6, 6.07) is 7.54. The lowest BCUT2D eigenvalue weighted by molar-refractivity contribution is -0.137. The molecule has 1 N–H and O–H groups in total. The molecular weight excluding hydrogens is 341 g/mol. The number of hydrogen-bond donors (Lipinski definition) is 1. The molecule has 0 saturated heterocycles. The van der Waals surface area contributed by atoms with E-state index in [1.807, 2.05) is 0 Å². The number of carbonyl (C=O) groups excluding carboxylic acids is 1. The maximum atomic E-state index is 13.7. The van der Waals surface area contributed by atoms with E-state index in [0.717, 1.165) is 0 Å². The van der Waals surface area contributed by atoms with Crippen molar-refractivity contribution in [3.05, 3.63) is 70.8 Å². The fourth-order valence-electron chi connectivity index (χ4n) is 2.49. The third-order valence-electron chi connectivity index (χ3n) is 3.80. The van der Waals surface area contributed by atoms with Crippen LogP contribution in [0.4, 0.5) is 22.0 Å². The highest BCUT2D eigenvalue weighted by molar-refractivity contribution is 5.83. The normalized spacial score (nSPS) is 12.7. The molecule has 2 aromatic rings. The van der Waals surface area contributed by atoms with Crippen molar-refractivity contribution >= 4 is 5.91 Å². The molecule has 0 heterocycles. The zero-order valence-electron chi connectivity index (χ0n) is 13.3. The number of halogens is 5. The summed E-state index contributed by atoms with van der Waals surface area (Å²) in [7, 11) is 0. The van der Waals surface area contributed by atoms with Gasteiger partial charge in [-0.2, -0.15) is 13.2 Å². The molecular formula is C18H16F5NO. The van der Waals surface area contributed by atoms with Crippen LogP contribution in [0.2, 0.25) is 0 Å². The number of hydrogen-bond acceptors (Lipinski definition) is 1. The second kappa shape index (κ2) is 7.63. The molecule has 25 heavy (non-hydrogen) atoms. The lowest BCUT2D eigenvalue weighted by Gasteiger charge is -2.16. The molecule has 0 aromatic heterocycles. The summed E-state index contributed by atoms with van der Waals surface area (Å²) in [5.41, 5.74) is -0.808. The standard InChI is InChI=1S/C18H16F5NO/c1-2-15(11-4-3-5-14(19)9-11)17(25)24-10-12-8-13(18(21,22)23)6-7-16(12)20/h3-9,15H,2,10H2,1H3,(H,24,25). The first-order valence-corrected chi connectivity index (χ1v) is 7.61. The highest BCUT2D eigenvalue weighted by Crippen LogP contribution is 2.30. The van der Waals surface area contributed by atoms with Crippen molar-refractivity contribution in [1.82, 2.24) is 5.32 Å². The Labute approximate surface area is 141 Å². The minimum absolute atomic E-state index is 0.266. The molecule has 2 aromatic carbocycles. The van der Waals surface area contributed by atoms with Gasteiger partial charge in [-0.25, -0.2) is 8.78 Å². The van der Waals surface area contributed by atoms with Crippen molar-refractivity contribution in [2.24, 2.45) is 0 Å². The van der Waals surface area contributed by atoms with E-state index in [4.69, 9.17) is 0 Å². The van der Waals surface area contributed by atoms with Gasteiger partial charge in [0.15, 0.2) is 0 Å². The van der Waals surface area contributed by atoms with E-state index in [9.17, 15) is 26.7 Å². The van der Waals surface area contributed by atoms with Crippen LogP contribution in [-0.2, 0) is 17.5 Å². The van der Waals surface area contributed by atoms with Gasteiger partial charge in [-0.3, -0.25) is 4.79 Å². The first-order chi connectivity index (χ1) is 11.7. The van der Waals surface area contributed by atoms with Gasteiger partial charge in [-0.1, -0.05) is 19.1 Å². The van der Waals surface area contributed by atoms with Crippen molar-refractivity contribution in [2.75, 3.05) is 0 Å². The van der Waals surface area contributed by atoms with E-state index >= 15 is 0 Å². The second-order valence-corrected chi connectivity index (χ2v) is 5.54. The third-order valence-corrected chi connectivity index (χ3v) is 3.80. The van der Waals surface area contributed by atoms with E-state index in [0.29, 0.717) is 30.2 Å². The number of nitrogens with one attached hydrogen (secondary N) is 1. The smallest absolute Gasteiger partial charge is 0.351 e. The Morgan fingerprint density at radius 3 is 2.44 bits per heavy atom. The number of benzene rings is 2. The fourth-order valence-corrected chi connectivity index (χ4v) is 2.49. The molecule has 0 aliphatic rings. The van der Waals surface area contributed by atoms with Crippen LogP contribution < -0.4 is 5.32 Å². The lowest BCUT2D eigenvalue weighted by atomic mass is 9.95. The van der Waals surface area contributed by atoms with Gasteiger partial charge in [0.1, 0.15) is 11.6 Å². The maximum absolute atomic E-state index is 13.7. The SMILES string of the molecule is CCC(C(=O)NCc1cc(C(F)(F)F)ccc1F)c1cccc(F)c1. The highest BCUT2D eigenvalue weighted by atomic mass is 19.4. The second-order valence-electron chi connectivity index (χ2n) is 5.54. The van der Waals surface area contributed by atoms with E-state index < -0.39 is 35.2 Å². The largest absolute Gasteiger partial charge is 0.416 e. The first-order valence-electron chi connectivity index (χ1n) is 7.61. The van der Waals surface area contributed by atoms with E-state index in [-0.39, 0.29) is 12.1 Å². The Morgan fingerprint density at radius 2 is 1.84 bits per heavy atom. The monoisotopic (exact) mass is 357 g/mol. The van der Waals surface area contributed by atoms with Gasteiger partial charge in [0.05, 0.1) is 11.5 Å². The molecule has 0 spiro atoms. The summed E-state index contributed by atoms with van der Waals surface area (Å²) in [5.74, 6) is -2.52. The van der Waals surface area contributed by atoms with Crippen LogP contribution in [0.25, 0.3) is 0 Å². The van der Waals surface area contributed by atoms with Crippen LogP contribution in [0.5, 0.6) is 0 Å². The van der Waals surface area contributed by atoms with Crippen molar-refractivity contribution in [2.45, 2.75) is 32.0 Å². The van der Waals surface area contributed by atoms with Crippen LogP contribution in [0.15, 0.2) is 42.5 Å². The Balaban J connectivity index is 2.13. The Kier molecular flexibility index (Phi) is 5.77. The van der Waals surface area contributed by atoms with Crippen LogP contribution >= 0.6 is 0 Å². The maximum Gasteiger partial charge on any atom is 0.416 e. The van der Waals surface area contributed by atoms with Gasteiger partial charge >= 0.3 is 6.18 Å². The molecule has 0 bridgehead atoms. The van der Waals surface area contributed by atoms with Gasteiger partial charge in [-0.15, -0.1) is 0 Å². The van der Waals surface area contributed by atoms with Gasteiger partial charge < -0.3 is 5.32 Å².